The van der Waals surface area contributed by atoms with Crippen LogP contribution in [-0.2, 0) is 14.6 Å². The fraction of sp³-hybridized carbons (Fsp3) is 0.833. The van der Waals surface area contributed by atoms with Gasteiger partial charge >= 0.3 is 12.0 Å². The first-order chi connectivity index (χ1) is 9.23. The van der Waals surface area contributed by atoms with Gasteiger partial charge in [-0.25, -0.2) is 13.2 Å². The van der Waals surface area contributed by atoms with Crippen molar-refractivity contribution < 1.29 is 23.1 Å². The summed E-state index contributed by atoms with van der Waals surface area (Å²) in [6, 6.07) is -0.243. The fourth-order valence-electron chi connectivity index (χ4n) is 2.68. The van der Waals surface area contributed by atoms with Crippen molar-refractivity contribution in [2.24, 2.45) is 5.41 Å². The molecule has 0 radical (unpaired) electrons. The minimum Gasteiger partial charge on any atom is -0.481 e. The number of amides is 2. The molecule has 2 fully saturated rings. The van der Waals surface area contributed by atoms with Crippen LogP contribution in [0.5, 0.6) is 0 Å². The molecule has 1 unspecified atom stereocenters. The highest BCUT2D eigenvalue weighted by atomic mass is 32.2. The van der Waals surface area contributed by atoms with Crippen LogP contribution in [-0.4, -0.2) is 73.0 Å². The van der Waals surface area contributed by atoms with Crippen LogP contribution in [0.3, 0.4) is 0 Å². The molecule has 114 valence electrons. The molecule has 0 bridgehead atoms. The molecule has 0 saturated carbocycles. The van der Waals surface area contributed by atoms with Gasteiger partial charge in [-0.3, -0.25) is 4.79 Å². The van der Waals surface area contributed by atoms with Crippen LogP contribution in [0.25, 0.3) is 0 Å². The largest absolute Gasteiger partial charge is 0.481 e. The van der Waals surface area contributed by atoms with Crippen molar-refractivity contribution in [1.29, 1.82) is 0 Å². The zero-order valence-electron chi connectivity index (χ0n) is 11.5. The van der Waals surface area contributed by atoms with E-state index in [9.17, 15) is 23.1 Å². The smallest absolute Gasteiger partial charge is 0.320 e. The number of sulfone groups is 1. The third-order valence-corrected chi connectivity index (χ3v) is 5.71. The van der Waals surface area contributed by atoms with Gasteiger partial charge in [-0.05, 0) is 19.8 Å². The highest BCUT2D eigenvalue weighted by Crippen LogP contribution is 2.30. The number of hydrogen-bond acceptors (Lipinski definition) is 4. The van der Waals surface area contributed by atoms with Gasteiger partial charge in [0.2, 0.25) is 0 Å². The van der Waals surface area contributed by atoms with Crippen LogP contribution in [0.15, 0.2) is 0 Å². The average molecular weight is 304 g/mol. The standard InChI is InChI=1S/C12H20N2O5S/c1-12(10(15)16)3-2-4-14(9-12)11(17)13-5-7-20(18,19)8-6-13/h2-9H2,1H3,(H,15,16). The lowest BCUT2D eigenvalue weighted by Crippen LogP contribution is -2.55. The highest BCUT2D eigenvalue weighted by molar-refractivity contribution is 7.91. The van der Waals surface area contributed by atoms with Crippen LogP contribution < -0.4 is 0 Å². The Hall–Kier alpha value is -1.31. The summed E-state index contributed by atoms with van der Waals surface area (Å²) in [6.45, 7) is 2.76. The number of carbonyl (C=O) groups excluding carboxylic acids is 1. The predicted octanol–water partition coefficient (Wildman–Crippen LogP) is 0.0235. The molecule has 2 rings (SSSR count). The topological polar surface area (TPSA) is 95.0 Å². The van der Waals surface area contributed by atoms with Crippen molar-refractivity contribution in [2.75, 3.05) is 37.7 Å². The summed E-state index contributed by atoms with van der Waals surface area (Å²) >= 11 is 0. The second-order valence-corrected chi connectivity index (χ2v) is 8.12. The molecule has 0 aliphatic carbocycles. The number of carboxylic acid groups (broad SMARTS) is 1. The molecule has 20 heavy (non-hydrogen) atoms. The number of urea groups is 1. The van der Waals surface area contributed by atoms with E-state index in [2.05, 4.69) is 0 Å². The summed E-state index contributed by atoms with van der Waals surface area (Å²) in [5, 5.41) is 9.25. The van der Waals surface area contributed by atoms with Crippen LogP contribution >= 0.6 is 0 Å². The van der Waals surface area contributed by atoms with Crippen molar-refractivity contribution in [3.63, 3.8) is 0 Å². The van der Waals surface area contributed by atoms with Gasteiger partial charge in [0.15, 0.2) is 9.84 Å². The first-order valence-electron chi connectivity index (χ1n) is 6.71. The molecule has 1 atom stereocenters. The normalized spacial score (nSPS) is 30.1. The van der Waals surface area contributed by atoms with Gasteiger partial charge in [-0.2, -0.15) is 0 Å². The van der Waals surface area contributed by atoms with E-state index < -0.39 is 21.2 Å². The van der Waals surface area contributed by atoms with Crippen LogP contribution in [0.4, 0.5) is 4.79 Å². The minimum atomic E-state index is -3.02. The Morgan fingerprint density at radius 2 is 1.70 bits per heavy atom. The molecule has 2 aliphatic heterocycles. The van der Waals surface area contributed by atoms with Gasteiger partial charge in [0.05, 0.1) is 16.9 Å². The monoisotopic (exact) mass is 304 g/mol. The average Bonchev–Trinajstić information content (AvgIpc) is 2.38. The van der Waals surface area contributed by atoms with Gasteiger partial charge in [-0.15, -0.1) is 0 Å². The maximum atomic E-state index is 12.3. The first-order valence-corrected chi connectivity index (χ1v) is 8.53. The van der Waals surface area contributed by atoms with Crippen molar-refractivity contribution in [2.45, 2.75) is 19.8 Å². The van der Waals surface area contributed by atoms with Crippen LogP contribution in [0.1, 0.15) is 19.8 Å². The van der Waals surface area contributed by atoms with Gasteiger partial charge in [0.1, 0.15) is 0 Å². The molecule has 0 spiro atoms. The van der Waals surface area contributed by atoms with E-state index in [0.29, 0.717) is 19.4 Å². The number of carbonyl (C=O) groups is 2. The molecule has 2 aliphatic rings. The molecule has 2 saturated heterocycles. The summed E-state index contributed by atoms with van der Waals surface area (Å²) in [4.78, 5) is 26.7. The Labute approximate surface area is 118 Å². The Bertz CT molecular complexity index is 504. The van der Waals surface area contributed by atoms with Crippen LogP contribution in [0, 0.1) is 5.41 Å². The molecule has 1 N–H and O–H groups in total. The molecule has 0 aromatic rings. The number of piperidine rings is 1. The van der Waals surface area contributed by atoms with E-state index in [1.165, 1.54) is 9.80 Å². The predicted molar refractivity (Wildman–Crippen MR) is 72.2 cm³/mol. The number of carboxylic acids is 1. The number of nitrogens with zero attached hydrogens (tertiary/aromatic N) is 2. The molecule has 0 aromatic carbocycles. The second-order valence-electron chi connectivity index (χ2n) is 5.81. The number of aliphatic carboxylic acids is 1. The first kappa shape index (κ1) is 15.1. The zero-order valence-corrected chi connectivity index (χ0v) is 12.4. The van der Waals surface area contributed by atoms with Gasteiger partial charge in [0, 0.05) is 26.2 Å². The molecule has 0 aromatic heterocycles. The van der Waals surface area contributed by atoms with Gasteiger partial charge in [-0.1, -0.05) is 0 Å². The van der Waals surface area contributed by atoms with E-state index in [1.54, 1.807) is 6.92 Å². The summed E-state index contributed by atoms with van der Waals surface area (Å²) in [6.07, 6.45) is 1.21. The number of hydrogen-bond donors (Lipinski definition) is 1. The van der Waals surface area contributed by atoms with E-state index in [4.69, 9.17) is 0 Å². The van der Waals surface area contributed by atoms with Crippen molar-refractivity contribution in [3.05, 3.63) is 0 Å². The summed E-state index contributed by atoms with van der Waals surface area (Å²) in [7, 11) is -3.02. The number of likely N-dealkylation sites (tertiary alicyclic amines) is 1. The molecule has 2 amide bonds. The molecule has 7 nitrogen and oxygen atoms in total. The van der Waals surface area contributed by atoms with Crippen molar-refractivity contribution >= 4 is 21.8 Å². The third-order valence-electron chi connectivity index (χ3n) is 4.10. The Morgan fingerprint density at radius 3 is 2.25 bits per heavy atom. The van der Waals surface area contributed by atoms with Crippen molar-refractivity contribution in [1.82, 2.24) is 9.80 Å². The second kappa shape index (κ2) is 5.23. The quantitative estimate of drug-likeness (QED) is 0.737. The number of rotatable bonds is 1. The third kappa shape index (κ3) is 3.05. The minimum absolute atomic E-state index is 0.0111. The SMILES string of the molecule is CC1(C(=O)O)CCCN(C(=O)N2CCS(=O)(=O)CC2)C1. The van der Waals surface area contributed by atoms with Crippen molar-refractivity contribution in [3.8, 4) is 0 Å². The maximum Gasteiger partial charge on any atom is 0.320 e. The lowest BCUT2D eigenvalue weighted by atomic mass is 9.82. The Kier molecular flexibility index (Phi) is 3.95. The van der Waals surface area contributed by atoms with Crippen LogP contribution in [0.2, 0.25) is 0 Å². The fourth-order valence-corrected chi connectivity index (χ4v) is 3.88. The summed E-state index contributed by atoms with van der Waals surface area (Å²) < 4.78 is 22.7. The van der Waals surface area contributed by atoms with Gasteiger partial charge in [0.25, 0.3) is 0 Å². The van der Waals surface area contributed by atoms with Gasteiger partial charge < -0.3 is 14.9 Å². The molecule has 2 heterocycles. The maximum absolute atomic E-state index is 12.3. The lowest BCUT2D eigenvalue weighted by Gasteiger charge is -2.40. The van der Waals surface area contributed by atoms with E-state index in [0.717, 1.165) is 0 Å². The molecular weight excluding hydrogens is 284 g/mol. The Morgan fingerprint density at radius 1 is 1.10 bits per heavy atom. The van der Waals surface area contributed by atoms with E-state index in [-0.39, 0.29) is 37.2 Å². The van der Waals surface area contributed by atoms with E-state index >= 15 is 0 Å². The zero-order chi connectivity index (χ0) is 15.0. The highest BCUT2D eigenvalue weighted by Gasteiger charge is 2.40. The van der Waals surface area contributed by atoms with E-state index in [1.807, 2.05) is 0 Å². The Balaban J connectivity index is 2.01. The molecule has 8 heteroatoms. The molecular formula is C12H20N2O5S. The summed E-state index contributed by atoms with van der Waals surface area (Å²) in [5.41, 5.74) is -0.907. The lowest BCUT2D eigenvalue weighted by molar-refractivity contribution is -0.150. The summed E-state index contributed by atoms with van der Waals surface area (Å²) in [5.74, 6) is -0.915.